The van der Waals surface area contributed by atoms with Gasteiger partial charge >= 0.3 is 6.18 Å². The Morgan fingerprint density at radius 1 is 1.14 bits per heavy atom. The van der Waals surface area contributed by atoms with Gasteiger partial charge in [0.1, 0.15) is 23.1 Å². The van der Waals surface area contributed by atoms with Gasteiger partial charge in [0.05, 0.1) is 12.1 Å². The lowest BCUT2D eigenvalue weighted by Crippen LogP contribution is -2.31. The zero-order valence-corrected chi connectivity index (χ0v) is 15.8. The standard InChI is InChI=1S/C20H17F3N2O2S/c1-25(10-11-27-16-8-3-2-4-9-16)19(26)17-13-28-18(24-17)14-6-5-7-15(12-14)20(21,22)23/h2-9,12-13H,10-11H2,1H3. The van der Waals surface area contributed by atoms with Crippen molar-refractivity contribution in [3.8, 4) is 16.3 Å². The van der Waals surface area contributed by atoms with Gasteiger partial charge in [-0.05, 0) is 24.3 Å². The van der Waals surface area contributed by atoms with E-state index in [9.17, 15) is 18.0 Å². The van der Waals surface area contributed by atoms with E-state index in [4.69, 9.17) is 4.74 Å². The molecular weight excluding hydrogens is 389 g/mol. The Morgan fingerprint density at radius 3 is 2.61 bits per heavy atom. The van der Waals surface area contributed by atoms with Crippen molar-refractivity contribution in [3.05, 3.63) is 71.2 Å². The number of halogens is 3. The van der Waals surface area contributed by atoms with E-state index in [1.807, 2.05) is 30.3 Å². The van der Waals surface area contributed by atoms with Gasteiger partial charge in [0.25, 0.3) is 5.91 Å². The number of amides is 1. The van der Waals surface area contributed by atoms with Gasteiger partial charge in [0, 0.05) is 18.0 Å². The fourth-order valence-corrected chi connectivity index (χ4v) is 3.24. The predicted molar refractivity (Wildman–Crippen MR) is 101 cm³/mol. The fourth-order valence-electron chi connectivity index (χ4n) is 2.45. The molecule has 0 bridgehead atoms. The number of hydrogen-bond acceptors (Lipinski definition) is 4. The van der Waals surface area contributed by atoms with E-state index in [-0.39, 0.29) is 11.6 Å². The second kappa shape index (κ2) is 8.43. The van der Waals surface area contributed by atoms with Crippen LogP contribution in [0.15, 0.2) is 60.0 Å². The summed E-state index contributed by atoms with van der Waals surface area (Å²) in [5.74, 6) is 0.398. The Morgan fingerprint density at radius 2 is 1.89 bits per heavy atom. The van der Waals surface area contributed by atoms with Gasteiger partial charge in [-0.15, -0.1) is 11.3 Å². The van der Waals surface area contributed by atoms with Crippen molar-refractivity contribution in [2.75, 3.05) is 20.2 Å². The normalized spacial score (nSPS) is 11.3. The molecule has 0 radical (unpaired) electrons. The zero-order chi connectivity index (χ0) is 20.1. The van der Waals surface area contributed by atoms with Crippen LogP contribution in [0.25, 0.3) is 10.6 Å². The molecular formula is C20H17F3N2O2S. The van der Waals surface area contributed by atoms with E-state index >= 15 is 0 Å². The molecule has 0 spiro atoms. The first-order valence-electron chi connectivity index (χ1n) is 8.41. The minimum atomic E-state index is -4.43. The molecule has 0 atom stereocenters. The van der Waals surface area contributed by atoms with Crippen LogP contribution in [0.3, 0.4) is 0 Å². The Hall–Kier alpha value is -2.87. The van der Waals surface area contributed by atoms with Crippen molar-refractivity contribution in [3.63, 3.8) is 0 Å². The third-order valence-corrected chi connectivity index (χ3v) is 4.84. The molecule has 1 heterocycles. The average Bonchev–Trinajstić information content (AvgIpc) is 3.18. The summed E-state index contributed by atoms with van der Waals surface area (Å²) < 4.78 is 44.2. The summed E-state index contributed by atoms with van der Waals surface area (Å²) in [5.41, 5.74) is -0.225. The van der Waals surface area contributed by atoms with Crippen molar-refractivity contribution in [2.45, 2.75) is 6.18 Å². The molecule has 4 nitrogen and oxygen atoms in total. The second-order valence-corrected chi connectivity index (χ2v) is 6.86. The first kappa shape index (κ1) is 19.9. The fraction of sp³-hybridized carbons (Fsp3) is 0.200. The molecule has 0 unspecified atom stereocenters. The average molecular weight is 406 g/mol. The molecule has 1 aromatic heterocycles. The van der Waals surface area contributed by atoms with Crippen molar-refractivity contribution in [2.24, 2.45) is 0 Å². The van der Waals surface area contributed by atoms with E-state index in [1.54, 1.807) is 18.5 Å². The molecule has 0 N–H and O–H groups in total. The molecule has 0 saturated carbocycles. The Bertz CT molecular complexity index is 942. The third kappa shape index (κ3) is 4.89. The molecule has 146 valence electrons. The lowest BCUT2D eigenvalue weighted by molar-refractivity contribution is -0.137. The van der Waals surface area contributed by atoms with E-state index in [0.717, 1.165) is 23.5 Å². The summed E-state index contributed by atoms with van der Waals surface area (Å²) in [6, 6.07) is 14.1. The number of carbonyl (C=O) groups excluding carboxylic acids is 1. The number of nitrogens with zero attached hydrogens (tertiary/aromatic N) is 2. The molecule has 0 saturated heterocycles. The molecule has 1 amide bonds. The maximum absolute atomic E-state index is 12.9. The van der Waals surface area contributed by atoms with Crippen molar-refractivity contribution in [1.82, 2.24) is 9.88 Å². The number of likely N-dealkylation sites (N-methyl/N-ethyl adjacent to an activating group) is 1. The lowest BCUT2D eigenvalue weighted by Gasteiger charge is -2.16. The number of para-hydroxylation sites is 1. The molecule has 3 rings (SSSR count). The molecule has 3 aromatic rings. The lowest BCUT2D eigenvalue weighted by atomic mass is 10.1. The van der Waals surface area contributed by atoms with Crippen molar-refractivity contribution < 1.29 is 22.7 Å². The summed E-state index contributed by atoms with van der Waals surface area (Å²) >= 11 is 1.13. The maximum Gasteiger partial charge on any atom is 0.416 e. The summed E-state index contributed by atoms with van der Waals surface area (Å²) in [7, 11) is 1.62. The number of carbonyl (C=O) groups is 1. The molecule has 2 aromatic carbocycles. The first-order valence-corrected chi connectivity index (χ1v) is 9.29. The van der Waals surface area contributed by atoms with Gasteiger partial charge in [-0.3, -0.25) is 4.79 Å². The number of benzene rings is 2. The summed E-state index contributed by atoms with van der Waals surface area (Å²) in [5, 5.41) is 1.91. The van der Waals surface area contributed by atoms with Gasteiger partial charge in [-0.1, -0.05) is 30.3 Å². The van der Waals surface area contributed by atoms with Gasteiger partial charge in [-0.2, -0.15) is 13.2 Å². The van der Waals surface area contributed by atoms with E-state index in [0.29, 0.717) is 29.5 Å². The molecule has 0 aliphatic rings. The molecule has 0 aliphatic carbocycles. The van der Waals surface area contributed by atoms with Gasteiger partial charge in [-0.25, -0.2) is 4.98 Å². The van der Waals surface area contributed by atoms with Crippen LogP contribution in [0.2, 0.25) is 0 Å². The Labute approximate surface area is 164 Å². The molecule has 8 heteroatoms. The van der Waals surface area contributed by atoms with Gasteiger partial charge in [0.2, 0.25) is 0 Å². The SMILES string of the molecule is CN(CCOc1ccccc1)C(=O)c1csc(-c2cccc(C(F)(F)F)c2)n1. The third-order valence-electron chi connectivity index (χ3n) is 3.95. The quantitative estimate of drug-likeness (QED) is 0.580. The van der Waals surface area contributed by atoms with Crippen molar-refractivity contribution in [1.29, 1.82) is 0 Å². The van der Waals surface area contributed by atoms with Crippen molar-refractivity contribution >= 4 is 17.2 Å². The maximum atomic E-state index is 12.9. The Kier molecular flexibility index (Phi) is 5.99. The van der Waals surface area contributed by atoms with Gasteiger partial charge in [0.15, 0.2) is 0 Å². The van der Waals surface area contributed by atoms with Crippen LogP contribution in [0.5, 0.6) is 5.75 Å². The molecule has 0 aliphatic heterocycles. The van der Waals surface area contributed by atoms with Crippen LogP contribution < -0.4 is 4.74 Å². The smallest absolute Gasteiger partial charge is 0.416 e. The highest BCUT2D eigenvalue weighted by molar-refractivity contribution is 7.13. The zero-order valence-electron chi connectivity index (χ0n) is 14.9. The largest absolute Gasteiger partial charge is 0.492 e. The monoisotopic (exact) mass is 406 g/mol. The van der Waals surface area contributed by atoms with E-state index < -0.39 is 11.7 Å². The van der Waals surface area contributed by atoms with Crippen LogP contribution in [0, 0.1) is 0 Å². The molecule has 28 heavy (non-hydrogen) atoms. The summed E-state index contributed by atoms with van der Waals surface area (Å²) in [6.07, 6.45) is -4.43. The second-order valence-electron chi connectivity index (χ2n) is 6.00. The number of rotatable bonds is 6. The number of thiazole rings is 1. The highest BCUT2D eigenvalue weighted by Gasteiger charge is 2.30. The highest BCUT2D eigenvalue weighted by Crippen LogP contribution is 2.33. The summed E-state index contributed by atoms with van der Waals surface area (Å²) in [4.78, 5) is 18.2. The number of alkyl halides is 3. The van der Waals surface area contributed by atoms with Gasteiger partial charge < -0.3 is 9.64 Å². The highest BCUT2D eigenvalue weighted by atomic mass is 32.1. The summed E-state index contributed by atoms with van der Waals surface area (Å²) in [6.45, 7) is 0.668. The Balaban J connectivity index is 1.63. The number of hydrogen-bond donors (Lipinski definition) is 0. The van der Waals surface area contributed by atoms with Crippen LogP contribution in [0.1, 0.15) is 16.1 Å². The first-order chi connectivity index (χ1) is 13.3. The van der Waals surface area contributed by atoms with E-state index in [1.165, 1.54) is 11.0 Å². The van der Waals surface area contributed by atoms with Crippen LogP contribution in [0.4, 0.5) is 13.2 Å². The number of ether oxygens (including phenoxy) is 1. The molecule has 0 fully saturated rings. The minimum absolute atomic E-state index is 0.194. The van der Waals surface area contributed by atoms with Crippen LogP contribution >= 0.6 is 11.3 Å². The van der Waals surface area contributed by atoms with Crippen LogP contribution in [-0.2, 0) is 6.18 Å². The number of aromatic nitrogens is 1. The minimum Gasteiger partial charge on any atom is -0.492 e. The van der Waals surface area contributed by atoms with E-state index in [2.05, 4.69) is 4.98 Å². The topological polar surface area (TPSA) is 42.4 Å². The predicted octanol–water partition coefficient (Wildman–Crippen LogP) is 4.98. The van der Waals surface area contributed by atoms with Crippen LogP contribution in [-0.4, -0.2) is 36.0 Å².